The summed E-state index contributed by atoms with van der Waals surface area (Å²) in [5.41, 5.74) is 1.18. The molecule has 1 aliphatic rings. The Balaban J connectivity index is 1.60. The molecule has 0 heterocycles. The average molecular weight is 374 g/mol. The minimum Gasteiger partial charge on any atom is -0.459 e. The first-order valence-electron chi connectivity index (χ1n) is 9.45. The summed E-state index contributed by atoms with van der Waals surface area (Å²) < 4.78 is 38.7. The third-order valence-corrected chi connectivity index (χ3v) is 4.82. The van der Waals surface area contributed by atoms with E-state index in [1.807, 2.05) is 0 Å². The zero-order chi connectivity index (χ0) is 19.2. The SMILES string of the molecule is CCCO[C@H]1CC[C@H](OC(=O)c2ccc(-c3ccc(F)cc3)cc2F)CC1. The van der Waals surface area contributed by atoms with Gasteiger partial charge in [-0.25, -0.2) is 13.6 Å². The van der Waals surface area contributed by atoms with Crippen LogP contribution in [-0.2, 0) is 9.47 Å². The van der Waals surface area contributed by atoms with Gasteiger partial charge in [-0.2, -0.15) is 0 Å². The predicted octanol–water partition coefficient (Wildman–Crippen LogP) is 5.53. The van der Waals surface area contributed by atoms with Crippen LogP contribution < -0.4 is 0 Å². The first-order chi connectivity index (χ1) is 13.1. The third-order valence-electron chi connectivity index (χ3n) is 4.82. The fourth-order valence-electron chi connectivity index (χ4n) is 3.32. The molecule has 2 aromatic rings. The van der Waals surface area contributed by atoms with Crippen molar-refractivity contribution in [2.45, 2.75) is 51.2 Å². The summed E-state index contributed by atoms with van der Waals surface area (Å²) in [6, 6.07) is 10.1. The Hall–Kier alpha value is -2.27. The number of hydrogen-bond acceptors (Lipinski definition) is 3. The molecule has 0 aliphatic heterocycles. The van der Waals surface area contributed by atoms with Crippen molar-refractivity contribution < 1.29 is 23.0 Å². The molecule has 5 heteroatoms. The van der Waals surface area contributed by atoms with Crippen LogP contribution in [0.2, 0.25) is 0 Å². The summed E-state index contributed by atoms with van der Waals surface area (Å²) in [5, 5.41) is 0. The number of halogens is 2. The molecular formula is C22H24F2O3. The molecule has 0 bridgehead atoms. The number of ether oxygens (including phenoxy) is 2. The van der Waals surface area contributed by atoms with Gasteiger partial charge in [-0.15, -0.1) is 0 Å². The first-order valence-corrected chi connectivity index (χ1v) is 9.45. The number of rotatable bonds is 6. The second-order valence-corrected chi connectivity index (χ2v) is 6.88. The lowest BCUT2D eigenvalue weighted by atomic mass is 9.95. The second kappa shape index (κ2) is 9.09. The lowest BCUT2D eigenvalue weighted by Gasteiger charge is -2.28. The van der Waals surface area contributed by atoms with Crippen molar-refractivity contribution in [2.75, 3.05) is 6.61 Å². The zero-order valence-corrected chi connectivity index (χ0v) is 15.4. The Morgan fingerprint density at radius 1 is 0.963 bits per heavy atom. The van der Waals surface area contributed by atoms with E-state index in [0.717, 1.165) is 38.7 Å². The van der Waals surface area contributed by atoms with Crippen LogP contribution in [0.15, 0.2) is 42.5 Å². The van der Waals surface area contributed by atoms with Gasteiger partial charge in [-0.05, 0) is 67.5 Å². The second-order valence-electron chi connectivity index (χ2n) is 6.88. The number of benzene rings is 2. The minimum atomic E-state index is -0.643. The molecule has 3 rings (SSSR count). The molecule has 0 radical (unpaired) electrons. The average Bonchev–Trinajstić information content (AvgIpc) is 2.68. The van der Waals surface area contributed by atoms with Crippen molar-refractivity contribution >= 4 is 5.97 Å². The van der Waals surface area contributed by atoms with Gasteiger partial charge in [-0.1, -0.05) is 25.1 Å². The van der Waals surface area contributed by atoms with Gasteiger partial charge in [0.25, 0.3) is 0 Å². The highest BCUT2D eigenvalue weighted by atomic mass is 19.1. The molecule has 3 nitrogen and oxygen atoms in total. The highest BCUT2D eigenvalue weighted by Gasteiger charge is 2.25. The summed E-state index contributed by atoms with van der Waals surface area (Å²) in [7, 11) is 0. The Kier molecular flexibility index (Phi) is 6.56. The molecule has 0 unspecified atom stereocenters. The molecule has 27 heavy (non-hydrogen) atoms. The number of esters is 1. The third kappa shape index (κ3) is 5.13. The van der Waals surface area contributed by atoms with E-state index in [4.69, 9.17) is 9.47 Å². The van der Waals surface area contributed by atoms with E-state index in [0.29, 0.717) is 11.1 Å². The first kappa shape index (κ1) is 19.5. The molecular weight excluding hydrogens is 350 g/mol. The number of hydrogen-bond donors (Lipinski definition) is 0. The molecule has 0 saturated heterocycles. The quantitative estimate of drug-likeness (QED) is 0.624. The van der Waals surface area contributed by atoms with Gasteiger partial charge < -0.3 is 9.47 Å². The fraction of sp³-hybridized carbons (Fsp3) is 0.409. The van der Waals surface area contributed by atoms with E-state index in [2.05, 4.69) is 6.92 Å². The molecule has 0 atom stereocenters. The number of carbonyl (C=O) groups excluding carboxylic acids is 1. The van der Waals surface area contributed by atoms with E-state index < -0.39 is 11.8 Å². The fourth-order valence-corrected chi connectivity index (χ4v) is 3.32. The summed E-state index contributed by atoms with van der Waals surface area (Å²) in [6.07, 6.45) is 4.18. The van der Waals surface area contributed by atoms with Crippen molar-refractivity contribution in [1.29, 1.82) is 0 Å². The van der Waals surface area contributed by atoms with E-state index >= 15 is 0 Å². The van der Waals surface area contributed by atoms with Gasteiger partial charge >= 0.3 is 5.97 Å². The van der Waals surface area contributed by atoms with Crippen LogP contribution in [0.4, 0.5) is 8.78 Å². The summed E-state index contributed by atoms with van der Waals surface area (Å²) >= 11 is 0. The molecule has 1 saturated carbocycles. The lowest BCUT2D eigenvalue weighted by molar-refractivity contribution is -0.0196. The van der Waals surface area contributed by atoms with Gasteiger partial charge in [0.1, 0.15) is 17.7 Å². The molecule has 0 amide bonds. The molecule has 1 aliphatic carbocycles. The standard InChI is InChI=1S/C22H24F2O3/c1-2-13-26-18-8-10-19(11-9-18)27-22(25)20-12-5-16(14-21(20)24)15-3-6-17(23)7-4-15/h3-7,12,14,18-19H,2,8-11,13H2,1H3/t18-,19-. The summed E-state index contributed by atoms with van der Waals surface area (Å²) in [6.45, 7) is 2.82. The van der Waals surface area contributed by atoms with Crippen LogP contribution in [-0.4, -0.2) is 24.8 Å². The van der Waals surface area contributed by atoms with Gasteiger partial charge in [0.15, 0.2) is 0 Å². The molecule has 1 fully saturated rings. The maximum Gasteiger partial charge on any atom is 0.341 e. The highest BCUT2D eigenvalue weighted by molar-refractivity contribution is 5.90. The predicted molar refractivity (Wildman–Crippen MR) is 99.5 cm³/mol. The minimum absolute atomic E-state index is 0.0785. The monoisotopic (exact) mass is 374 g/mol. The van der Waals surface area contributed by atoms with Crippen LogP contribution in [0.25, 0.3) is 11.1 Å². The van der Waals surface area contributed by atoms with Gasteiger partial charge in [0.05, 0.1) is 11.7 Å². The van der Waals surface area contributed by atoms with E-state index in [1.165, 1.54) is 24.3 Å². The van der Waals surface area contributed by atoms with Gasteiger partial charge in [0.2, 0.25) is 0 Å². The Morgan fingerprint density at radius 2 is 1.59 bits per heavy atom. The maximum absolute atomic E-state index is 14.4. The van der Waals surface area contributed by atoms with Crippen LogP contribution in [0.5, 0.6) is 0 Å². The van der Waals surface area contributed by atoms with E-state index in [9.17, 15) is 13.6 Å². The van der Waals surface area contributed by atoms with Gasteiger partial charge in [-0.3, -0.25) is 0 Å². The van der Waals surface area contributed by atoms with Crippen LogP contribution >= 0.6 is 0 Å². The van der Waals surface area contributed by atoms with Crippen molar-refractivity contribution in [2.24, 2.45) is 0 Å². The smallest absolute Gasteiger partial charge is 0.341 e. The largest absolute Gasteiger partial charge is 0.459 e. The van der Waals surface area contributed by atoms with Crippen molar-refractivity contribution in [3.05, 3.63) is 59.7 Å². The molecule has 0 aromatic heterocycles. The molecule has 0 N–H and O–H groups in total. The van der Waals surface area contributed by atoms with Crippen molar-refractivity contribution in [1.82, 2.24) is 0 Å². The normalized spacial score (nSPS) is 19.7. The Labute approximate surface area is 158 Å². The topological polar surface area (TPSA) is 35.5 Å². The summed E-state index contributed by atoms with van der Waals surface area (Å²) in [4.78, 5) is 12.3. The van der Waals surface area contributed by atoms with E-state index in [1.54, 1.807) is 18.2 Å². The highest BCUT2D eigenvalue weighted by Crippen LogP contribution is 2.26. The van der Waals surface area contributed by atoms with Gasteiger partial charge in [0, 0.05) is 6.61 Å². The van der Waals surface area contributed by atoms with Crippen molar-refractivity contribution in [3.63, 3.8) is 0 Å². The van der Waals surface area contributed by atoms with Crippen LogP contribution in [0, 0.1) is 11.6 Å². The molecule has 0 spiro atoms. The Morgan fingerprint density at radius 3 is 2.22 bits per heavy atom. The lowest BCUT2D eigenvalue weighted by Crippen LogP contribution is -2.28. The molecule has 2 aromatic carbocycles. The molecule has 144 valence electrons. The maximum atomic E-state index is 14.4. The van der Waals surface area contributed by atoms with Crippen molar-refractivity contribution in [3.8, 4) is 11.1 Å². The summed E-state index contributed by atoms with van der Waals surface area (Å²) in [5.74, 6) is -1.63. The number of carbonyl (C=O) groups is 1. The zero-order valence-electron chi connectivity index (χ0n) is 15.4. The van der Waals surface area contributed by atoms with E-state index in [-0.39, 0.29) is 23.6 Å². The van der Waals surface area contributed by atoms with Crippen LogP contribution in [0.3, 0.4) is 0 Å². The van der Waals surface area contributed by atoms with Crippen LogP contribution in [0.1, 0.15) is 49.4 Å². The Bertz CT molecular complexity index is 766.